The quantitative estimate of drug-likeness (QED) is 0.133. The van der Waals surface area contributed by atoms with Crippen LogP contribution in [-0.2, 0) is 0 Å². The zero-order chi connectivity index (χ0) is 26.2. The SMILES string of the molecule is C1CCC2C3NC(NC4NC(NC5NC(NC6NC(N3)C3CCCCC63)C3CCCCC53)C3CCCCC43)C2C1.[H-].[H-].[K+].[K+]. The van der Waals surface area contributed by atoms with Gasteiger partial charge in [0.05, 0.1) is 49.3 Å². The maximum atomic E-state index is 4.26. The Morgan fingerprint density at radius 3 is 0.476 bits per heavy atom. The maximum Gasteiger partial charge on any atom is 1.00 e. The van der Waals surface area contributed by atoms with E-state index in [0.29, 0.717) is 49.3 Å². The molecule has 228 valence electrons. The third-order valence-electron chi connectivity index (χ3n) is 13.8. The van der Waals surface area contributed by atoms with Crippen molar-refractivity contribution in [1.29, 1.82) is 0 Å². The second kappa shape index (κ2) is 14.4. The van der Waals surface area contributed by atoms with Crippen LogP contribution in [0, 0.1) is 47.3 Å². The minimum atomic E-state index is 0. The van der Waals surface area contributed by atoms with Gasteiger partial charge in [0.25, 0.3) is 0 Å². The van der Waals surface area contributed by atoms with Crippen LogP contribution in [0.4, 0.5) is 0 Å². The minimum Gasteiger partial charge on any atom is -1.00 e. The van der Waals surface area contributed by atoms with E-state index in [1.54, 1.807) is 0 Å². The number of hydrogen-bond acceptors (Lipinski definition) is 8. The third-order valence-corrected chi connectivity index (χ3v) is 13.8. The summed E-state index contributed by atoms with van der Waals surface area (Å²) in [6, 6.07) is 0. The van der Waals surface area contributed by atoms with E-state index < -0.39 is 0 Å². The molecule has 4 aliphatic carbocycles. The van der Waals surface area contributed by atoms with Gasteiger partial charge in [-0.1, -0.05) is 51.4 Å². The minimum absolute atomic E-state index is 0. The Morgan fingerprint density at radius 2 is 0.357 bits per heavy atom. The molecule has 0 aromatic heterocycles. The monoisotopic (exact) mass is 632 g/mol. The molecular formula is C32H58K2N8. The fourth-order valence-corrected chi connectivity index (χ4v) is 12.0. The first-order valence-electron chi connectivity index (χ1n) is 17.9. The van der Waals surface area contributed by atoms with Gasteiger partial charge in [0.2, 0.25) is 0 Å². The zero-order valence-electron chi connectivity index (χ0n) is 28.6. The van der Waals surface area contributed by atoms with E-state index in [2.05, 4.69) is 42.5 Å². The molecule has 8 N–H and O–H groups in total. The average molecular weight is 633 g/mol. The summed E-state index contributed by atoms with van der Waals surface area (Å²) in [6.07, 6.45) is 25.6. The molecule has 8 bridgehead atoms. The van der Waals surface area contributed by atoms with Gasteiger partial charge in [0, 0.05) is 0 Å². The van der Waals surface area contributed by atoms with Gasteiger partial charge in [-0.2, -0.15) is 0 Å². The van der Waals surface area contributed by atoms with Crippen molar-refractivity contribution in [2.45, 2.75) is 152 Å². The topological polar surface area (TPSA) is 96.2 Å². The molecule has 5 aliphatic heterocycles. The predicted molar refractivity (Wildman–Crippen MR) is 159 cm³/mol. The maximum absolute atomic E-state index is 4.26. The molecule has 9 rings (SSSR count). The molecule has 0 aromatic carbocycles. The van der Waals surface area contributed by atoms with Crippen molar-refractivity contribution in [3.05, 3.63) is 0 Å². The van der Waals surface area contributed by atoms with Crippen molar-refractivity contribution in [1.82, 2.24) is 42.5 Å². The summed E-state index contributed by atoms with van der Waals surface area (Å²) in [5.41, 5.74) is 0. The molecule has 0 amide bonds. The summed E-state index contributed by atoms with van der Waals surface area (Å²) in [5, 5.41) is 33.8. The molecule has 0 aromatic rings. The summed E-state index contributed by atoms with van der Waals surface area (Å²) in [6.45, 7) is 0. The normalized spacial score (nSPS) is 54.9. The largest absolute Gasteiger partial charge is 1.00 e. The smallest absolute Gasteiger partial charge is 1.00 e. The van der Waals surface area contributed by atoms with Gasteiger partial charge >= 0.3 is 103 Å². The standard InChI is InChI=1S/C32H56N8.2K.2H/c1-2-10-18-17(9-1)25-33-26(18)38-28-21-13-5-6-14-22(21)30(35-28)40-32-24-16-8-7-15-23(24)31(36-32)39-29-20-12-4-3-11-19(20)27(34-29)37-25;;;;/h17-40H,1-16H2;;;;/q;2*+1;2*-1. The Morgan fingerprint density at radius 1 is 0.238 bits per heavy atom. The molecule has 8 nitrogen and oxygen atoms in total. The Labute approximate surface area is 342 Å². The molecular weight excluding hydrogens is 575 g/mol. The first kappa shape index (κ1) is 33.4. The first-order chi connectivity index (χ1) is 19.8. The van der Waals surface area contributed by atoms with Crippen LogP contribution in [0.15, 0.2) is 0 Å². The van der Waals surface area contributed by atoms with E-state index in [1.165, 1.54) is 103 Å². The Hall–Kier alpha value is 2.95. The predicted octanol–water partition coefficient (Wildman–Crippen LogP) is -3.16. The number of hydrogen-bond donors (Lipinski definition) is 8. The van der Waals surface area contributed by atoms with Crippen LogP contribution in [0.2, 0.25) is 0 Å². The van der Waals surface area contributed by atoms with Gasteiger partial charge in [-0.3, -0.25) is 42.5 Å². The fourth-order valence-electron chi connectivity index (χ4n) is 12.0. The molecule has 4 saturated carbocycles. The van der Waals surface area contributed by atoms with Gasteiger partial charge in [0.15, 0.2) is 0 Å². The second-order valence-electron chi connectivity index (χ2n) is 15.6. The Kier molecular flexibility index (Phi) is 11.5. The van der Waals surface area contributed by atoms with Crippen LogP contribution >= 0.6 is 0 Å². The molecule has 5 saturated heterocycles. The molecule has 9 aliphatic rings. The molecule has 5 heterocycles. The number of rotatable bonds is 0. The van der Waals surface area contributed by atoms with Crippen molar-refractivity contribution in [3.63, 3.8) is 0 Å². The molecule has 0 spiro atoms. The van der Waals surface area contributed by atoms with E-state index in [4.69, 9.17) is 0 Å². The van der Waals surface area contributed by atoms with E-state index in [1.807, 2.05) is 0 Å². The molecule has 0 radical (unpaired) electrons. The van der Waals surface area contributed by atoms with Crippen LogP contribution < -0.4 is 145 Å². The zero-order valence-corrected chi connectivity index (χ0v) is 32.8. The second-order valence-corrected chi connectivity index (χ2v) is 15.6. The molecule has 42 heavy (non-hydrogen) atoms. The van der Waals surface area contributed by atoms with Crippen LogP contribution in [0.25, 0.3) is 0 Å². The first-order valence-corrected chi connectivity index (χ1v) is 17.9. The van der Waals surface area contributed by atoms with Crippen molar-refractivity contribution >= 4 is 0 Å². The average Bonchev–Trinajstić information content (AvgIpc) is 3.73. The van der Waals surface area contributed by atoms with Crippen molar-refractivity contribution in [3.8, 4) is 0 Å². The summed E-state index contributed by atoms with van der Waals surface area (Å²) < 4.78 is 0. The summed E-state index contributed by atoms with van der Waals surface area (Å²) in [5.74, 6) is 5.97. The Balaban J connectivity index is 0.000000960. The van der Waals surface area contributed by atoms with Gasteiger partial charge in [-0.05, 0) is 98.7 Å². The van der Waals surface area contributed by atoms with Crippen LogP contribution in [0.5, 0.6) is 0 Å². The third kappa shape index (κ3) is 6.14. The number of fused-ring (bicyclic) bond motifs is 20. The molecule has 10 heteroatoms. The van der Waals surface area contributed by atoms with Crippen molar-refractivity contribution in [2.24, 2.45) is 47.3 Å². The van der Waals surface area contributed by atoms with Gasteiger partial charge in [0.1, 0.15) is 0 Å². The van der Waals surface area contributed by atoms with Crippen molar-refractivity contribution in [2.75, 3.05) is 0 Å². The van der Waals surface area contributed by atoms with Gasteiger partial charge in [-0.25, -0.2) is 0 Å². The fraction of sp³-hybridized carbons (Fsp3) is 1.00. The van der Waals surface area contributed by atoms with E-state index in [0.717, 1.165) is 47.3 Å². The van der Waals surface area contributed by atoms with Gasteiger partial charge < -0.3 is 2.85 Å². The Bertz CT molecular complexity index is 733. The van der Waals surface area contributed by atoms with Crippen LogP contribution in [-0.4, -0.2) is 49.3 Å². The van der Waals surface area contributed by atoms with E-state index in [-0.39, 0.29) is 106 Å². The number of nitrogens with one attached hydrogen (secondary N) is 8. The summed E-state index contributed by atoms with van der Waals surface area (Å²) in [4.78, 5) is 0. The van der Waals surface area contributed by atoms with Gasteiger partial charge in [-0.15, -0.1) is 0 Å². The molecule has 8 atom stereocenters. The van der Waals surface area contributed by atoms with E-state index >= 15 is 0 Å². The molecule has 8 unspecified atom stereocenters. The van der Waals surface area contributed by atoms with Crippen LogP contribution in [0.3, 0.4) is 0 Å². The summed E-state index contributed by atoms with van der Waals surface area (Å²) >= 11 is 0. The molecule has 9 fully saturated rings. The van der Waals surface area contributed by atoms with Crippen molar-refractivity contribution < 1.29 is 106 Å². The van der Waals surface area contributed by atoms with Crippen LogP contribution in [0.1, 0.15) is 106 Å². The summed E-state index contributed by atoms with van der Waals surface area (Å²) in [7, 11) is 0. The van der Waals surface area contributed by atoms with E-state index in [9.17, 15) is 0 Å².